The lowest BCUT2D eigenvalue weighted by Gasteiger charge is -2.35. The van der Waals surface area contributed by atoms with Gasteiger partial charge in [0.05, 0.1) is 0 Å². The Labute approximate surface area is 115 Å². The van der Waals surface area contributed by atoms with E-state index in [1.165, 1.54) is 0 Å². The number of hydrogen-bond acceptors (Lipinski definition) is 3. The fraction of sp³-hybridized carbons (Fsp3) is 0.562. The molecule has 19 heavy (non-hydrogen) atoms. The average molecular weight is 261 g/mol. The van der Waals surface area contributed by atoms with Gasteiger partial charge < -0.3 is 10.0 Å². The normalized spacial score (nSPS) is 22.3. The molecule has 1 aromatic rings. The Morgan fingerprint density at radius 3 is 2.58 bits per heavy atom. The molecule has 2 rings (SSSR count). The van der Waals surface area contributed by atoms with Crippen LogP contribution < -0.4 is 4.90 Å². The predicted molar refractivity (Wildman–Crippen MR) is 77.5 cm³/mol. The van der Waals surface area contributed by atoms with E-state index >= 15 is 0 Å². The number of ketones is 1. The largest absolute Gasteiger partial charge is 0.508 e. The number of aromatic hydroxyl groups is 1. The Balaban J connectivity index is 2.04. The van der Waals surface area contributed by atoms with Crippen LogP contribution in [0.2, 0.25) is 0 Å². The summed E-state index contributed by atoms with van der Waals surface area (Å²) in [6, 6.07) is 7.12. The summed E-state index contributed by atoms with van der Waals surface area (Å²) in [5.74, 6) is 0.791. The minimum absolute atomic E-state index is 0.127. The summed E-state index contributed by atoms with van der Waals surface area (Å²) in [5.41, 5.74) is 0.868. The van der Waals surface area contributed by atoms with Gasteiger partial charge in [0.1, 0.15) is 11.5 Å². The van der Waals surface area contributed by atoms with Gasteiger partial charge in [0.25, 0.3) is 0 Å². The van der Waals surface area contributed by atoms with E-state index < -0.39 is 0 Å². The number of Topliss-reactive ketones (excluding diaryl/α,β-unsaturated/α-hetero) is 1. The van der Waals surface area contributed by atoms with E-state index in [-0.39, 0.29) is 17.1 Å². The van der Waals surface area contributed by atoms with E-state index in [9.17, 15) is 9.90 Å². The van der Waals surface area contributed by atoms with E-state index in [2.05, 4.69) is 18.7 Å². The van der Waals surface area contributed by atoms with Gasteiger partial charge in [-0.3, -0.25) is 4.79 Å². The number of benzene rings is 1. The van der Waals surface area contributed by atoms with Gasteiger partial charge >= 0.3 is 0 Å². The summed E-state index contributed by atoms with van der Waals surface area (Å²) in [7, 11) is 2.00. The zero-order valence-corrected chi connectivity index (χ0v) is 12.0. The molecule has 1 N–H and O–H groups in total. The van der Waals surface area contributed by atoms with Crippen molar-refractivity contribution in [3.63, 3.8) is 0 Å². The van der Waals surface area contributed by atoms with E-state index in [0.29, 0.717) is 5.78 Å². The Kier molecular flexibility index (Phi) is 3.83. The first-order valence-electron chi connectivity index (χ1n) is 6.94. The van der Waals surface area contributed by atoms with Crippen LogP contribution in [0.5, 0.6) is 5.75 Å². The zero-order chi connectivity index (χ0) is 14.0. The lowest BCUT2D eigenvalue weighted by atomic mass is 9.71. The van der Waals surface area contributed by atoms with E-state index in [1.54, 1.807) is 12.1 Å². The third-order valence-corrected chi connectivity index (χ3v) is 4.18. The quantitative estimate of drug-likeness (QED) is 0.908. The van der Waals surface area contributed by atoms with E-state index in [1.807, 2.05) is 19.2 Å². The lowest BCUT2D eigenvalue weighted by molar-refractivity contribution is -0.133. The molecular formula is C16H23NO2. The third kappa shape index (κ3) is 3.09. The van der Waals surface area contributed by atoms with Crippen LogP contribution in [0.15, 0.2) is 24.3 Å². The second-order valence-corrected chi connectivity index (χ2v) is 6.23. The van der Waals surface area contributed by atoms with Gasteiger partial charge in [-0.1, -0.05) is 20.3 Å². The van der Waals surface area contributed by atoms with Crippen molar-refractivity contribution < 1.29 is 9.90 Å². The average Bonchev–Trinajstić information content (AvgIpc) is 2.35. The van der Waals surface area contributed by atoms with Crippen LogP contribution in [-0.2, 0) is 4.79 Å². The van der Waals surface area contributed by atoms with Crippen LogP contribution in [0, 0.1) is 11.3 Å². The molecule has 0 saturated heterocycles. The summed E-state index contributed by atoms with van der Waals surface area (Å²) >= 11 is 0. The highest BCUT2D eigenvalue weighted by Crippen LogP contribution is 2.36. The molecule has 1 saturated carbocycles. The minimum Gasteiger partial charge on any atom is -0.508 e. The number of rotatable bonds is 3. The molecule has 0 radical (unpaired) electrons. The summed E-state index contributed by atoms with van der Waals surface area (Å²) in [6.45, 7) is 4.87. The van der Waals surface area contributed by atoms with Gasteiger partial charge in [-0.15, -0.1) is 0 Å². The summed E-state index contributed by atoms with van der Waals surface area (Å²) in [6.07, 6.45) is 3.13. The topological polar surface area (TPSA) is 40.5 Å². The van der Waals surface area contributed by atoms with Crippen molar-refractivity contribution in [2.75, 3.05) is 18.5 Å². The van der Waals surface area contributed by atoms with Gasteiger partial charge in [0.2, 0.25) is 0 Å². The van der Waals surface area contributed by atoms with E-state index in [4.69, 9.17) is 0 Å². The number of hydrogen-bond donors (Lipinski definition) is 1. The maximum Gasteiger partial charge on any atom is 0.143 e. The summed E-state index contributed by atoms with van der Waals surface area (Å²) < 4.78 is 0. The molecule has 1 fully saturated rings. The number of carbonyl (C=O) groups excluding carboxylic acids is 1. The van der Waals surface area contributed by atoms with Crippen molar-refractivity contribution in [1.82, 2.24) is 0 Å². The predicted octanol–water partition coefficient (Wildman–Crippen LogP) is 3.22. The molecule has 104 valence electrons. The van der Waals surface area contributed by atoms with Crippen molar-refractivity contribution in [3.05, 3.63) is 24.3 Å². The molecule has 3 heteroatoms. The van der Waals surface area contributed by atoms with Crippen molar-refractivity contribution in [1.29, 1.82) is 0 Å². The highest BCUT2D eigenvalue weighted by Gasteiger charge is 2.37. The van der Waals surface area contributed by atoms with Crippen LogP contribution in [0.25, 0.3) is 0 Å². The summed E-state index contributed by atoms with van der Waals surface area (Å²) in [5, 5.41) is 9.30. The molecule has 1 aliphatic carbocycles. The second-order valence-electron chi connectivity index (χ2n) is 6.23. The van der Waals surface area contributed by atoms with Crippen LogP contribution in [-0.4, -0.2) is 24.5 Å². The smallest absolute Gasteiger partial charge is 0.143 e. The maximum atomic E-state index is 12.4. The molecule has 0 aromatic heterocycles. The molecule has 0 bridgehead atoms. The molecule has 1 atom stereocenters. The molecule has 0 aliphatic heterocycles. The van der Waals surface area contributed by atoms with Crippen LogP contribution in [0.1, 0.15) is 33.1 Å². The van der Waals surface area contributed by atoms with Gasteiger partial charge in [-0.25, -0.2) is 0 Å². The monoisotopic (exact) mass is 261 g/mol. The fourth-order valence-corrected chi connectivity index (χ4v) is 2.91. The van der Waals surface area contributed by atoms with Gasteiger partial charge in [-0.05, 0) is 37.1 Å². The fourth-order valence-electron chi connectivity index (χ4n) is 2.91. The maximum absolute atomic E-state index is 12.4. The van der Waals surface area contributed by atoms with Crippen molar-refractivity contribution >= 4 is 11.5 Å². The highest BCUT2D eigenvalue weighted by atomic mass is 16.3. The molecule has 1 aliphatic rings. The van der Waals surface area contributed by atoms with Crippen LogP contribution in [0.4, 0.5) is 5.69 Å². The van der Waals surface area contributed by atoms with Gasteiger partial charge in [0, 0.05) is 30.6 Å². The molecule has 1 aromatic carbocycles. The number of anilines is 1. The number of phenolic OH excluding ortho intramolecular Hbond substituents is 1. The summed E-state index contributed by atoms with van der Waals surface area (Å²) in [4.78, 5) is 14.5. The number of nitrogens with zero attached hydrogens (tertiary/aromatic N) is 1. The second kappa shape index (κ2) is 5.24. The Hall–Kier alpha value is -1.51. The minimum atomic E-state index is -0.168. The number of phenols is 1. The highest BCUT2D eigenvalue weighted by molar-refractivity contribution is 5.87. The van der Waals surface area contributed by atoms with Gasteiger partial charge in [0.15, 0.2) is 0 Å². The molecule has 1 unspecified atom stereocenters. The number of carbonyl (C=O) groups is 1. The standard InChI is InChI=1S/C16H23NO2/c1-16(2)10-4-5-12(15(16)19)11-17(3)13-6-8-14(18)9-7-13/h6-9,12,18H,4-5,10-11H2,1-3H3. The lowest BCUT2D eigenvalue weighted by Crippen LogP contribution is -2.40. The SMILES string of the molecule is CN(CC1CCCC(C)(C)C1=O)c1ccc(O)cc1. The first kappa shape index (κ1) is 13.9. The first-order chi connectivity index (χ1) is 8.90. The van der Waals surface area contributed by atoms with Crippen LogP contribution in [0.3, 0.4) is 0 Å². The molecular weight excluding hydrogens is 238 g/mol. The molecule has 0 spiro atoms. The van der Waals surface area contributed by atoms with Gasteiger partial charge in [-0.2, -0.15) is 0 Å². The Morgan fingerprint density at radius 2 is 1.95 bits per heavy atom. The third-order valence-electron chi connectivity index (χ3n) is 4.18. The van der Waals surface area contributed by atoms with Crippen molar-refractivity contribution in [2.24, 2.45) is 11.3 Å². The Bertz CT molecular complexity index is 450. The molecule has 3 nitrogen and oxygen atoms in total. The van der Waals surface area contributed by atoms with E-state index in [0.717, 1.165) is 31.5 Å². The van der Waals surface area contributed by atoms with Crippen LogP contribution >= 0.6 is 0 Å². The first-order valence-corrected chi connectivity index (χ1v) is 6.94. The molecule has 0 heterocycles. The van der Waals surface area contributed by atoms with Crippen molar-refractivity contribution in [2.45, 2.75) is 33.1 Å². The van der Waals surface area contributed by atoms with Crippen molar-refractivity contribution in [3.8, 4) is 5.75 Å². The molecule has 0 amide bonds. The Morgan fingerprint density at radius 1 is 1.32 bits per heavy atom. The zero-order valence-electron chi connectivity index (χ0n) is 12.0.